The summed E-state index contributed by atoms with van der Waals surface area (Å²) in [6.07, 6.45) is 1.90. The first kappa shape index (κ1) is 33.4. The molecule has 0 aliphatic heterocycles. The van der Waals surface area contributed by atoms with Gasteiger partial charge in [0.15, 0.2) is 0 Å². The lowest BCUT2D eigenvalue weighted by Crippen LogP contribution is -2.53. The lowest BCUT2D eigenvalue weighted by molar-refractivity contribution is -0.140. The van der Waals surface area contributed by atoms with E-state index in [-0.39, 0.29) is 29.5 Å². The Labute approximate surface area is 265 Å². The zero-order chi connectivity index (χ0) is 32.4. The van der Waals surface area contributed by atoms with E-state index >= 15 is 0 Å². The Morgan fingerprint density at radius 1 is 0.822 bits per heavy atom. The molecule has 0 bridgehead atoms. The van der Waals surface area contributed by atoms with E-state index in [1.807, 2.05) is 75.4 Å². The Balaban J connectivity index is 1.78. The summed E-state index contributed by atoms with van der Waals surface area (Å²) in [7, 11) is -4.25. The van der Waals surface area contributed by atoms with Crippen LogP contribution in [-0.2, 0) is 32.6 Å². The number of hydrogen-bond donors (Lipinski definition) is 1. The van der Waals surface area contributed by atoms with Crippen LogP contribution in [0.5, 0.6) is 0 Å². The maximum atomic E-state index is 14.4. The van der Waals surface area contributed by atoms with Crippen molar-refractivity contribution in [2.75, 3.05) is 17.4 Å². The first-order valence-electron chi connectivity index (χ1n) is 15.1. The molecule has 236 valence electrons. The maximum Gasteiger partial charge on any atom is 0.264 e. The number of nitrogens with one attached hydrogen (secondary N) is 1. The number of benzene rings is 4. The number of unbranched alkanes of at least 4 members (excludes halogenated alkanes) is 1. The van der Waals surface area contributed by atoms with Crippen molar-refractivity contribution in [2.24, 2.45) is 0 Å². The summed E-state index contributed by atoms with van der Waals surface area (Å²) >= 11 is 0. The van der Waals surface area contributed by atoms with Crippen molar-refractivity contribution in [3.05, 3.63) is 131 Å². The fourth-order valence-corrected chi connectivity index (χ4v) is 6.46. The van der Waals surface area contributed by atoms with Crippen LogP contribution in [0.25, 0.3) is 0 Å². The molecule has 4 aromatic carbocycles. The molecule has 1 unspecified atom stereocenters. The summed E-state index contributed by atoms with van der Waals surface area (Å²) in [6, 6.07) is 27.4. The number of carbonyl (C=O) groups excluding carboxylic acids is 2. The maximum absolute atomic E-state index is 14.4. The molecule has 0 heterocycles. The third-order valence-electron chi connectivity index (χ3n) is 7.54. The van der Waals surface area contributed by atoms with Crippen molar-refractivity contribution in [1.29, 1.82) is 0 Å². The van der Waals surface area contributed by atoms with Gasteiger partial charge < -0.3 is 10.2 Å². The van der Waals surface area contributed by atoms with E-state index in [2.05, 4.69) is 5.32 Å². The van der Waals surface area contributed by atoms with Gasteiger partial charge in [0.1, 0.15) is 18.4 Å². The van der Waals surface area contributed by atoms with Crippen LogP contribution in [0.1, 0.15) is 42.0 Å². The van der Waals surface area contributed by atoms with E-state index in [0.29, 0.717) is 6.54 Å². The van der Waals surface area contributed by atoms with Crippen molar-refractivity contribution >= 4 is 27.5 Å². The van der Waals surface area contributed by atoms with Crippen LogP contribution in [0.3, 0.4) is 0 Å². The molecule has 1 N–H and O–H groups in total. The summed E-state index contributed by atoms with van der Waals surface area (Å²) in [4.78, 5) is 29.7. The first-order valence-corrected chi connectivity index (χ1v) is 16.5. The molecule has 1 atom stereocenters. The second kappa shape index (κ2) is 15.5. The number of anilines is 1. The number of rotatable bonds is 14. The van der Waals surface area contributed by atoms with Crippen molar-refractivity contribution in [2.45, 2.75) is 57.5 Å². The molecule has 4 aromatic rings. The van der Waals surface area contributed by atoms with Crippen LogP contribution < -0.4 is 9.62 Å². The van der Waals surface area contributed by atoms with E-state index < -0.39 is 34.3 Å². The molecule has 0 spiro atoms. The number of nitrogens with zero attached hydrogens (tertiary/aromatic N) is 2. The number of halogens is 1. The summed E-state index contributed by atoms with van der Waals surface area (Å²) < 4.78 is 43.0. The molecule has 2 amide bonds. The minimum atomic E-state index is -4.25. The lowest BCUT2D eigenvalue weighted by atomic mass is 10.0. The van der Waals surface area contributed by atoms with Gasteiger partial charge in [-0.15, -0.1) is 0 Å². The molecule has 7 nitrogen and oxygen atoms in total. The monoisotopic (exact) mass is 629 g/mol. The zero-order valence-electron chi connectivity index (χ0n) is 25.9. The summed E-state index contributed by atoms with van der Waals surface area (Å²) in [5.41, 5.74) is 3.66. The smallest absolute Gasteiger partial charge is 0.264 e. The van der Waals surface area contributed by atoms with Crippen LogP contribution in [0.4, 0.5) is 10.1 Å². The lowest BCUT2D eigenvalue weighted by Gasteiger charge is -2.34. The third-order valence-corrected chi connectivity index (χ3v) is 9.33. The largest absolute Gasteiger partial charge is 0.354 e. The van der Waals surface area contributed by atoms with Gasteiger partial charge in [-0.25, -0.2) is 12.8 Å². The first-order chi connectivity index (χ1) is 21.6. The number of carbonyl (C=O) groups is 2. The molecular formula is C36H40FN3O4S. The minimum Gasteiger partial charge on any atom is -0.354 e. The SMILES string of the molecule is CCCCNC(=O)C(Cc1ccccc1)N(Cc1cccc(C)c1)C(=O)CN(c1ccc(F)cc1)S(=O)(=O)c1ccc(C)cc1. The highest BCUT2D eigenvalue weighted by molar-refractivity contribution is 7.92. The van der Waals surface area contributed by atoms with E-state index in [1.165, 1.54) is 29.2 Å². The Kier molecular flexibility index (Phi) is 11.5. The Bertz CT molecular complexity index is 1680. The van der Waals surface area contributed by atoms with E-state index in [9.17, 15) is 22.4 Å². The second-order valence-electron chi connectivity index (χ2n) is 11.2. The van der Waals surface area contributed by atoms with Crippen molar-refractivity contribution < 1.29 is 22.4 Å². The number of aryl methyl sites for hydroxylation is 2. The summed E-state index contributed by atoms with van der Waals surface area (Å²) in [6.45, 7) is 5.76. The van der Waals surface area contributed by atoms with Crippen LogP contribution in [0.2, 0.25) is 0 Å². The van der Waals surface area contributed by atoms with Gasteiger partial charge in [0.2, 0.25) is 11.8 Å². The number of amides is 2. The predicted molar refractivity (Wildman–Crippen MR) is 176 cm³/mol. The van der Waals surface area contributed by atoms with Crippen molar-refractivity contribution in [3.63, 3.8) is 0 Å². The van der Waals surface area contributed by atoms with E-state index in [1.54, 1.807) is 12.1 Å². The summed E-state index contributed by atoms with van der Waals surface area (Å²) in [5, 5.41) is 2.98. The molecular weight excluding hydrogens is 589 g/mol. The normalized spacial score (nSPS) is 11.9. The molecule has 0 fully saturated rings. The van der Waals surface area contributed by atoms with Crippen LogP contribution in [0.15, 0.2) is 108 Å². The van der Waals surface area contributed by atoms with Crippen LogP contribution >= 0.6 is 0 Å². The fraction of sp³-hybridized carbons (Fsp3) is 0.278. The van der Waals surface area contributed by atoms with Gasteiger partial charge in [-0.05, 0) is 67.8 Å². The van der Waals surface area contributed by atoms with Gasteiger partial charge in [0, 0.05) is 19.5 Å². The average Bonchev–Trinajstić information content (AvgIpc) is 3.02. The Morgan fingerprint density at radius 3 is 2.13 bits per heavy atom. The molecule has 0 radical (unpaired) electrons. The van der Waals surface area contributed by atoms with Gasteiger partial charge in [0.25, 0.3) is 10.0 Å². The van der Waals surface area contributed by atoms with Gasteiger partial charge >= 0.3 is 0 Å². The molecule has 4 rings (SSSR count). The third kappa shape index (κ3) is 9.01. The van der Waals surface area contributed by atoms with Crippen LogP contribution in [-0.4, -0.2) is 44.3 Å². The number of hydrogen-bond acceptors (Lipinski definition) is 4. The van der Waals surface area contributed by atoms with Gasteiger partial charge in [-0.2, -0.15) is 0 Å². The highest BCUT2D eigenvalue weighted by atomic mass is 32.2. The van der Waals surface area contributed by atoms with E-state index in [0.717, 1.165) is 51.5 Å². The molecule has 0 saturated heterocycles. The van der Waals surface area contributed by atoms with Crippen molar-refractivity contribution in [1.82, 2.24) is 10.2 Å². The average molecular weight is 630 g/mol. The zero-order valence-corrected chi connectivity index (χ0v) is 26.8. The molecule has 9 heteroatoms. The van der Waals surface area contributed by atoms with Crippen molar-refractivity contribution in [3.8, 4) is 0 Å². The van der Waals surface area contributed by atoms with E-state index in [4.69, 9.17) is 0 Å². The highest BCUT2D eigenvalue weighted by Crippen LogP contribution is 2.26. The quantitative estimate of drug-likeness (QED) is 0.169. The summed E-state index contributed by atoms with van der Waals surface area (Å²) in [5.74, 6) is -1.42. The van der Waals surface area contributed by atoms with Gasteiger partial charge in [-0.1, -0.05) is 91.2 Å². The molecule has 0 saturated carbocycles. The Morgan fingerprint density at radius 2 is 1.49 bits per heavy atom. The molecule has 0 aromatic heterocycles. The standard InChI is InChI=1S/C36H40FN3O4S/c1-4-5-22-38-36(42)34(24-29-11-7-6-8-12-29)39(25-30-13-9-10-28(3)23-30)35(41)26-40(32-18-16-31(37)17-19-32)45(43,44)33-20-14-27(2)15-21-33/h6-21,23,34H,4-5,22,24-26H2,1-3H3,(H,38,42). The highest BCUT2D eigenvalue weighted by Gasteiger charge is 2.34. The minimum absolute atomic E-state index is 0.00592. The van der Waals surface area contributed by atoms with Crippen LogP contribution in [0, 0.1) is 19.7 Å². The van der Waals surface area contributed by atoms with Gasteiger partial charge in [-0.3, -0.25) is 13.9 Å². The second-order valence-corrected chi connectivity index (χ2v) is 13.0. The van der Waals surface area contributed by atoms with Gasteiger partial charge in [0.05, 0.1) is 10.6 Å². The molecule has 0 aliphatic rings. The molecule has 0 aliphatic carbocycles. The Hall–Kier alpha value is -4.50. The fourth-order valence-electron chi connectivity index (χ4n) is 5.04. The molecule has 45 heavy (non-hydrogen) atoms. The topological polar surface area (TPSA) is 86.8 Å². The number of sulfonamides is 1. The predicted octanol–water partition coefficient (Wildman–Crippen LogP) is 6.19.